The van der Waals surface area contributed by atoms with Gasteiger partial charge in [-0.15, -0.1) is 0 Å². The second-order valence-electron chi connectivity index (χ2n) is 8.26. The summed E-state index contributed by atoms with van der Waals surface area (Å²) in [6, 6.07) is 16.9. The molecule has 7 heteroatoms. The van der Waals surface area contributed by atoms with E-state index in [4.69, 9.17) is 9.26 Å². The minimum absolute atomic E-state index is 0.226. The quantitative estimate of drug-likeness (QED) is 0.513. The first-order valence-corrected chi connectivity index (χ1v) is 10.7. The van der Waals surface area contributed by atoms with Gasteiger partial charge in [0, 0.05) is 5.56 Å². The first kappa shape index (κ1) is 22.2. The lowest BCUT2D eigenvalue weighted by molar-refractivity contribution is -0.143. The molecule has 0 radical (unpaired) electrons. The molecule has 1 aliphatic rings. The number of carboxylic acid groups (broad SMARTS) is 1. The third-order valence-corrected chi connectivity index (χ3v) is 5.77. The van der Waals surface area contributed by atoms with Crippen LogP contribution in [0, 0.1) is 24.2 Å². The highest BCUT2D eigenvalue weighted by atomic mass is 16.6. The number of hydrogen-bond acceptors (Lipinski definition) is 5. The fourth-order valence-electron chi connectivity index (χ4n) is 3.53. The van der Waals surface area contributed by atoms with Crippen molar-refractivity contribution in [1.82, 2.24) is 5.16 Å². The minimum Gasteiger partial charge on any atom is -0.481 e. The van der Waals surface area contributed by atoms with E-state index in [2.05, 4.69) is 22.3 Å². The largest absolute Gasteiger partial charge is 0.481 e. The van der Waals surface area contributed by atoms with Crippen molar-refractivity contribution >= 4 is 17.7 Å². The number of rotatable bonds is 6. The lowest BCUT2D eigenvalue weighted by Crippen LogP contribution is -2.17. The molecule has 168 valence electrons. The standard InChI is InChI=1S/C26H24N2O5/c1-17-23(27-25(31)32-18(2)21-6-4-3-5-7-21)22(33-28-17)13-12-19-8-10-20(11-9-19)16-26(14-15-26)24(29)30/h3-11,18H,14-16H2,1-2H3,(H,27,31)(H,29,30)/t18-/m1/s1. The molecule has 1 amide bonds. The van der Waals surface area contributed by atoms with E-state index in [1.54, 1.807) is 13.8 Å². The van der Waals surface area contributed by atoms with Crippen LogP contribution in [0.3, 0.4) is 0 Å². The Hall–Kier alpha value is -4.05. The number of anilines is 1. The summed E-state index contributed by atoms with van der Waals surface area (Å²) < 4.78 is 10.7. The molecule has 0 bridgehead atoms. The normalized spacial score (nSPS) is 14.5. The Morgan fingerprint density at radius 3 is 2.48 bits per heavy atom. The summed E-state index contributed by atoms with van der Waals surface area (Å²) in [5, 5.41) is 15.9. The van der Waals surface area contributed by atoms with Gasteiger partial charge in [-0.1, -0.05) is 53.5 Å². The van der Waals surface area contributed by atoms with Crippen LogP contribution >= 0.6 is 0 Å². The molecule has 1 aliphatic carbocycles. The van der Waals surface area contributed by atoms with Crippen LogP contribution in [0.1, 0.15) is 54.0 Å². The number of nitrogens with zero attached hydrogens (tertiary/aromatic N) is 1. The van der Waals surface area contributed by atoms with Crippen molar-refractivity contribution in [3.8, 4) is 11.8 Å². The van der Waals surface area contributed by atoms with E-state index >= 15 is 0 Å². The zero-order chi connectivity index (χ0) is 23.4. The Labute approximate surface area is 191 Å². The molecule has 1 atom stereocenters. The van der Waals surface area contributed by atoms with Gasteiger partial charge in [-0.3, -0.25) is 10.1 Å². The van der Waals surface area contributed by atoms with Crippen molar-refractivity contribution in [2.45, 2.75) is 39.2 Å². The first-order valence-electron chi connectivity index (χ1n) is 10.7. The number of carboxylic acids is 1. The zero-order valence-corrected chi connectivity index (χ0v) is 18.4. The lowest BCUT2D eigenvalue weighted by Gasteiger charge is -2.13. The van der Waals surface area contributed by atoms with Crippen molar-refractivity contribution in [2.75, 3.05) is 5.32 Å². The highest BCUT2D eigenvalue weighted by Gasteiger charge is 2.49. The maximum Gasteiger partial charge on any atom is 0.412 e. The Balaban J connectivity index is 1.41. The smallest absolute Gasteiger partial charge is 0.412 e. The number of aryl methyl sites for hydroxylation is 1. The Bertz CT molecular complexity index is 1220. The van der Waals surface area contributed by atoms with E-state index in [0.29, 0.717) is 17.8 Å². The van der Waals surface area contributed by atoms with Gasteiger partial charge in [-0.2, -0.15) is 0 Å². The number of hydrogen-bond donors (Lipinski definition) is 2. The summed E-state index contributed by atoms with van der Waals surface area (Å²) in [6.07, 6.45) is 0.913. The van der Waals surface area contributed by atoms with E-state index in [-0.39, 0.29) is 5.76 Å². The highest BCUT2D eigenvalue weighted by Crippen LogP contribution is 2.48. The molecule has 4 rings (SSSR count). The van der Waals surface area contributed by atoms with Gasteiger partial charge in [0.2, 0.25) is 5.76 Å². The number of nitrogens with one attached hydrogen (secondary N) is 1. The molecule has 1 heterocycles. The Morgan fingerprint density at radius 2 is 1.85 bits per heavy atom. The predicted octanol–water partition coefficient (Wildman–Crippen LogP) is 5.10. The molecule has 3 aromatic rings. The van der Waals surface area contributed by atoms with Gasteiger partial charge in [0.15, 0.2) is 0 Å². The minimum atomic E-state index is -0.733. The zero-order valence-electron chi connectivity index (χ0n) is 18.4. The van der Waals surface area contributed by atoms with Gasteiger partial charge in [0.1, 0.15) is 17.5 Å². The average Bonchev–Trinajstić information content (AvgIpc) is 3.52. The molecule has 2 N–H and O–H groups in total. The van der Waals surface area contributed by atoms with Crippen LogP contribution in [0.15, 0.2) is 59.1 Å². The van der Waals surface area contributed by atoms with E-state index in [9.17, 15) is 14.7 Å². The second kappa shape index (κ2) is 9.21. The number of benzene rings is 2. The maximum absolute atomic E-state index is 12.4. The van der Waals surface area contributed by atoms with Crippen LogP contribution in [-0.4, -0.2) is 22.3 Å². The molecule has 2 aromatic carbocycles. The van der Waals surface area contributed by atoms with Crippen LogP contribution in [0.4, 0.5) is 10.5 Å². The third kappa shape index (κ3) is 5.24. The lowest BCUT2D eigenvalue weighted by atomic mass is 9.96. The second-order valence-corrected chi connectivity index (χ2v) is 8.26. The van der Waals surface area contributed by atoms with Crippen LogP contribution in [-0.2, 0) is 16.0 Å². The van der Waals surface area contributed by atoms with Crippen LogP contribution in [0.5, 0.6) is 0 Å². The fourth-order valence-corrected chi connectivity index (χ4v) is 3.53. The monoisotopic (exact) mass is 444 g/mol. The summed E-state index contributed by atoms with van der Waals surface area (Å²) in [5.74, 6) is 5.38. The molecule has 1 saturated carbocycles. The molecular weight excluding hydrogens is 420 g/mol. The summed E-state index contributed by atoms with van der Waals surface area (Å²) in [4.78, 5) is 23.8. The average molecular weight is 444 g/mol. The molecular formula is C26H24N2O5. The van der Waals surface area contributed by atoms with Gasteiger partial charge in [-0.05, 0) is 62.3 Å². The SMILES string of the molecule is Cc1noc(C#Cc2ccc(CC3(C(=O)O)CC3)cc2)c1NC(=O)O[C@H](C)c1ccccc1. The predicted molar refractivity (Wildman–Crippen MR) is 122 cm³/mol. The summed E-state index contributed by atoms with van der Waals surface area (Å²) in [7, 11) is 0. The van der Waals surface area contributed by atoms with Crippen LogP contribution in [0.25, 0.3) is 0 Å². The van der Waals surface area contributed by atoms with E-state index in [1.165, 1.54) is 0 Å². The summed E-state index contributed by atoms with van der Waals surface area (Å²) in [5.41, 5.74) is 2.84. The molecule has 0 saturated heterocycles. The number of aliphatic carboxylic acids is 1. The van der Waals surface area contributed by atoms with Gasteiger partial charge in [0.25, 0.3) is 0 Å². The molecule has 1 fully saturated rings. The number of amides is 1. The number of carbonyl (C=O) groups is 2. The topological polar surface area (TPSA) is 102 Å². The summed E-state index contributed by atoms with van der Waals surface area (Å²) >= 11 is 0. The van der Waals surface area contributed by atoms with E-state index < -0.39 is 23.6 Å². The molecule has 0 unspecified atom stereocenters. The molecule has 33 heavy (non-hydrogen) atoms. The fraction of sp³-hybridized carbons (Fsp3) is 0.269. The molecule has 7 nitrogen and oxygen atoms in total. The van der Waals surface area contributed by atoms with Gasteiger partial charge in [0.05, 0.1) is 5.41 Å². The Morgan fingerprint density at radius 1 is 1.15 bits per heavy atom. The highest BCUT2D eigenvalue weighted by molar-refractivity contribution is 5.87. The van der Waals surface area contributed by atoms with Gasteiger partial charge in [-0.25, -0.2) is 4.79 Å². The van der Waals surface area contributed by atoms with Gasteiger partial charge < -0.3 is 14.4 Å². The molecule has 1 aromatic heterocycles. The van der Waals surface area contributed by atoms with E-state index in [0.717, 1.165) is 29.5 Å². The van der Waals surface area contributed by atoms with Crippen molar-refractivity contribution in [3.05, 3.63) is 82.7 Å². The van der Waals surface area contributed by atoms with Crippen molar-refractivity contribution in [3.63, 3.8) is 0 Å². The maximum atomic E-state index is 12.4. The third-order valence-electron chi connectivity index (χ3n) is 5.77. The van der Waals surface area contributed by atoms with Crippen molar-refractivity contribution in [1.29, 1.82) is 0 Å². The first-order chi connectivity index (χ1) is 15.9. The van der Waals surface area contributed by atoms with Crippen LogP contribution < -0.4 is 5.32 Å². The summed E-state index contributed by atoms with van der Waals surface area (Å²) in [6.45, 7) is 3.50. The molecule has 0 spiro atoms. The van der Waals surface area contributed by atoms with Gasteiger partial charge >= 0.3 is 12.1 Å². The van der Waals surface area contributed by atoms with Crippen LogP contribution in [0.2, 0.25) is 0 Å². The van der Waals surface area contributed by atoms with E-state index in [1.807, 2.05) is 54.6 Å². The van der Waals surface area contributed by atoms with Crippen molar-refractivity contribution in [2.24, 2.45) is 5.41 Å². The number of aromatic nitrogens is 1. The van der Waals surface area contributed by atoms with Crippen molar-refractivity contribution < 1.29 is 24.0 Å². The Kier molecular flexibility index (Phi) is 6.18. The molecule has 0 aliphatic heterocycles. The number of carbonyl (C=O) groups excluding carboxylic acids is 1. The number of ether oxygens (including phenoxy) is 1.